The van der Waals surface area contributed by atoms with Crippen molar-refractivity contribution in [2.24, 2.45) is 5.10 Å². The van der Waals surface area contributed by atoms with Crippen LogP contribution in [0.15, 0.2) is 81.2 Å². The summed E-state index contributed by atoms with van der Waals surface area (Å²) >= 11 is 3.29. The van der Waals surface area contributed by atoms with E-state index >= 15 is 0 Å². The number of carbonyl (C=O) groups excluding carboxylic acids is 2. The van der Waals surface area contributed by atoms with Gasteiger partial charge in [0.05, 0.1) is 17.8 Å². The molecule has 0 aliphatic carbocycles. The number of halogens is 1. The zero-order valence-corrected chi connectivity index (χ0v) is 20.5. The predicted molar refractivity (Wildman–Crippen MR) is 131 cm³/mol. The van der Waals surface area contributed by atoms with Crippen molar-refractivity contribution >= 4 is 49.8 Å². The molecular weight excluding hydrogens is 526 g/mol. The Morgan fingerprint density at radius 2 is 1.71 bits per heavy atom. The topological polar surface area (TPSA) is 123 Å². The molecule has 3 rings (SSSR count). The summed E-state index contributed by atoms with van der Waals surface area (Å²) in [6, 6.07) is 17.2. The summed E-state index contributed by atoms with van der Waals surface area (Å²) in [6.07, 6.45) is 1.38. The molecule has 0 radical (unpaired) electrons. The third kappa shape index (κ3) is 6.42. The van der Waals surface area contributed by atoms with Crippen LogP contribution in [0.5, 0.6) is 11.5 Å². The highest BCUT2D eigenvalue weighted by molar-refractivity contribution is 9.10. The van der Waals surface area contributed by atoms with Crippen LogP contribution in [0.1, 0.15) is 22.8 Å². The number of anilines is 1. The van der Waals surface area contributed by atoms with Crippen molar-refractivity contribution in [3.63, 3.8) is 0 Å². The van der Waals surface area contributed by atoms with Crippen LogP contribution in [0.2, 0.25) is 0 Å². The highest BCUT2D eigenvalue weighted by atomic mass is 79.9. The molecular formula is C23H20BrN3O6S. The van der Waals surface area contributed by atoms with Gasteiger partial charge in [0.2, 0.25) is 5.91 Å². The van der Waals surface area contributed by atoms with Gasteiger partial charge in [-0.3, -0.25) is 9.59 Å². The van der Waals surface area contributed by atoms with E-state index in [2.05, 4.69) is 31.8 Å². The summed E-state index contributed by atoms with van der Waals surface area (Å²) in [5.41, 5.74) is 3.84. The number of rotatable bonds is 8. The lowest BCUT2D eigenvalue weighted by molar-refractivity contribution is -0.114. The molecule has 0 aromatic heterocycles. The first-order valence-corrected chi connectivity index (χ1v) is 12.0. The summed E-state index contributed by atoms with van der Waals surface area (Å²) in [4.78, 5) is 23.1. The second-order valence-corrected chi connectivity index (χ2v) is 9.24. The number of nitrogens with zero attached hydrogens (tertiary/aromatic N) is 1. The molecule has 3 aromatic carbocycles. The standard InChI is InChI=1S/C23H20BrN3O6S/c1-15(28)26-18-8-10-19(11-9-18)34(30,31)33-22-20(24)12-16(13-21(22)32-2)14-25-27-23(29)17-6-4-3-5-7-17/h3-14H,1-2H3,(H,26,28)(H,27,29)/b25-14-. The molecule has 0 bridgehead atoms. The molecule has 0 spiro atoms. The Morgan fingerprint density at radius 1 is 1.03 bits per heavy atom. The molecule has 0 saturated heterocycles. The Hall–Kier alpha value is -3.70. The van der Waals surface area contributed by atoms with Crippen LogP contribution >= 0.6 is 15.9 Å². The van der Waals surface area contributed by atoms with Crippen LogP contribution in [0.3, 0.4) is 0 Å². The maximum Gasteiger partial charge on any atom is 0.339 e. The van der Waals surface area contributed by atoms with E-state index in [0.29, 0.717) is 21.3 Å². The summed E-state index contributed by atoms with van der Waals surface area (Å²) in [5, 5.41) is 6.48. The van der Waals surface area contributed by atoms with E-state index in [-0.39, 0.29) is 28.2 Å². The van der Waals surface area contributed by atoms with Crippen LogP contribution < -0.4 is 19.7 Å². The number of hydrogen-bond acceptors (Lipinski definition) is 7. The minimum Gasteiger partial charge on any atom is -0.493 e. The molecule has 2 N–H and O–H groups in total. The molecule has 0 saturated carbocycles. The van der Waals surface area contributed by atoms with Crippen molar-refractivity contribution in [2.75, 3.05) is 12.4 Å². The predicted octanol–water partition coefficient (Wildman–Crippen LogP) is 3.95. The second kappa shape index (κ2) is 10.9. The van der Waals surface area contributed by atoms with Crippen LogP contribution in [-0.2, 0) is 14.9 Å². The number of carbonyl (C=O) groups is 2. The fraction of sp³-hybridized carbons (Fsp3) is 0.0870. The van der Waals surface area contributed by atoms with E-state index in [1.165, 1.54) is 50.6 Å². The van der Waals surface area contributed by atoms with Gasteiger partial charge in [-0.05, 0) is 70.0 Å². The van der Waals surface area contributed by atoms with Gasteiger partial charge in [-0.1, -0.05) is 18.2 Å². The number of nitrogens with one attached hydrogen (secondary N) is 2. The Bertz CT molecular complexity index is 1330. The zero-order valence-electron chi connectivity index (χ0n) is 18.1. The number of ether oxygens (including phenoxy) is 1. The summed E-state index contributed by atoms with van der Waals surface area (Å²) in [7, 11) is -2.84. The van der Waals surface area contributed by atoms with Gasteiger partial charge in [-0.15, -0.1) is 0 Å². The molecule has 176 valence electrons. The molecule has 0 atom stereocenters. The first-order chi connectivity index (χ1) is 16.2. The van der Waals surface area contributed by atoms with E-state index in [4.69, 9.17) is 8.92 Å². The zero-order chi connectivity index (χ0) is 24.7. The number of benzene rings is 3. The lowest BCUT2D eigenvalue weighted by Crippen LogP contribution is -2.17. The smallest absolute Gasteiger partial charge is 0.339 e. The average Bonchev–Trinajstić information content (AvgIpc) is 2.81. The van der Waals surface area contributed by atoms with Gasteiger partial charge in [-0.2, -0.15) is 13.5 Å². The van der Waals surface area contributed by atoms with Gasteiger partial charge in [0.1, 0.15) is 4.90 Å². The number of amides is 2. The summed E-state index contributed by atoms with van der Waals surface area (Å²) in [6.45, 7) is 1.35. The molecule has 9 nitrogen and oxygen atoms in total. The highest BCUT2D eigenvalue weighted by Crippen LogP contribution is 2.38. The van der Waals surface area contributed by atoms with Crippen LogP contribution in [0, 0.1) is 0 Å². The van der Waals surface area contributed by atoms with E-state index in [0.717, 1.165) is 0 Å². The normalized spacial score (nSPS) is 11.1. The fourth-order valence-corrected chi connectivity index (χ4v) is 4.39. The van der Waals surface area contributed by atoms with E-state index in [1.807, 2.05) is 0 Å². The van der Waals surface area contributed by atoms with Crippen molar-refractivity contribution in [3.8, 4) is 11.5 Å². The largest absolute Gasteiger partial charge is 0.493 e. The SMILES string of the molecule is COc1cc(/C=N\NC(=O)c2ccccc2)cc(Br)c1OS(=O)(=O)c1ccc(NC(C)=O)cc1. The lowest BCUT2D eigenvalue weighted by atomic mass is 10.2. The minimum absolute atomic E-state index is 0.0566. The van der Waals surface area contributed by atoms with Gasteiger partial charge in [0.25, 0.3) is 5.91 Å². The molecule has 0 heterocycles. The summed E-state index contributed by atoms with van der Waals surface area (Å²) in [5.74, 6) is -0.579. The van der Waals surface area contributed by atoms with Crippen molar-refractivity contribution < 1.29 is 26.9 Å². The molecule has 2 amide bonds. The van der Waals surface area contributed by atoms with Gasteiger partial charge in [0.15, 0.2) is 11.5 Å². The van der Waals surface area contributed by atoms with Crippen LogP contribution in [0.25, 0.3) is 0 Å². The molecule has 0 aliphatic rings. The maximum atomic E-state index is 12.8. The first-order valence-electron chi connectivity index (χ1n) is 9.78. The third-order valence-electron chi connectivity index (χ3n) is 4.32. The van der Waals surface area contributed by atoms with Crippen LogP contribution in [0.4, 0.5) is 5.69 Å². The Balaban J connectivity index is 1.77. The van der Waals surface area contributed by atoms with Crippen molar-refractivity contribution in [1.29, 1.82) is 0 Å². The molecule has 0 aliphatic heterocycles. The minimum atomic E-state index is -4.20. The quantitative estimate of drug-likeness (QED) is 0.251. The molecule has 0 unspecified atom stereocenters. The lowest BCUT2D eigenvalue weighted by Gasteiger charge is -2.13. The molecule has 11 heteroatoms. The molecule has 0 fully saturated rings. The van der Waals surface area contributed by atoms with Crippen molar-refractivity contribution in [1.82, 2.24) is 5.43 Å². The number of hydrogen-bond donors (Lipinski definition) is 2. The van der Waals surface area contributed by atoms with Crippen molar-refractivity contribution in [3.05, 3.63) is 82.3 Å². The first kappa shape index (κ1) is 24.9. The Labute approximate surface area is 205 Å². The maximum absolute atomic E-state index is 12.8. The molecule has 34 heavy (non-hydrogen) atoms. The molecule has 3 aromatic rings. The summed E-state index contributed by atoms with van der Waals surface area (Å²) < 4.78 is 36.4. The van der Waals surface area contributed by atoms with E-state index < -0.39 is 10.1 Å². The van der Waals surface area contributed by atoms with Gasteiger partial charge < -0.3 is 14.2 Å². The van der Waals surface area contributed by atoms with Crippen molar-refractivity contribution in [2.45, 2.75) is 11.8 Å². The van der Waals surface area contributed by atoms with E-state index in [1.54, 1.807) is 36.4 Å². The number of hydrazone groups is 1. The third-order valence-corrected chi connectivity index (χ3v) is 6.15. The number of methoxy groups -OCH3 is 1. The Morgan fingerprint density at radius 3 is 2.32 bits per heavy atom. The Kier molecular flexibility index (Phi) is 8.03. The van der Waals surface area contributed by atoms with Gasteiger partial charge in [-0.25, -0.2) is 5.43 Å². The monoisotopic (exact) mass is 545 g/mol. The fourth-order valence-electron chi connectivity index (χ4n) is 2.78. The van der Waals surface area contributed by atoms with E-state index in [9.17, 15) is 18.0 Å². The highest BCUT2D eigenvalue weighted by Gasteiger charge is 2.22. The second-order valence-electron chi connectivity index (χ2n) is 6.84. The average molecular weight is 546 g/mol. The van der Waals surface area contributed by atoms with Gasteiger partial charge in [0, 0.05) is 18.2 Å². The van der Waals surface area contributed by atoms with Crippen LogP contribution in [-0.4, -0.2) is 33.6 Å². The van der Waals surface area contributed by atoms with Gasteiger partial charge >= 0.3 is 10.1 Å².